The molecule has 0 spiro atoms. The summed E-state index contributed by atoms with van der Waals surface area (Å²) in [6.45, 7) is 5.17. The number of aliphatic carboxylic acids is 1. The molecule has 0 radical (unpaired) electrons. The Morgan fingerprint density at radius 3 is 1.94 bits per heavy atom. The van der Waals surface area contributed by atoms with E-state index in [1.807, 2.05) is 24.3 Å². The summed E-state index contributed by atoms with van der Waals surface area (Å²) >= 11 is 1.42. The molecule has 2 aliphatic carbocycles. The van der Waals surface area contributed by atoms with Gasteiger partial charge in [-0.3, -0.25) is 0 Å². The van der Waals surface area contributed by atoms with Gasteiger partial charge in [0, 0.05) is 23.6 Å². The van der Waals surface area contributed by atoms with E-state index in [-0.39, 0.29) is 5.75 Å². The maximum absolute atomic E-state index is 11.7. The number of thioether (sulfide) groups is 1. The van der Waals surface area contributed by atoms with Gasteiger partial charge in [-0.15, -0.1) is 0 Å². The third-order valence-corrected chi connectivity index (χ3v) is 7.49. The van der Waals surface area contributed by atoms with Crippen molar-refractivity contribution in [3.8, 4) is 5.75 Å². The Labute approximate surface area is 221 Å². The van der Waals surface area contributed by atoms with E-state index in [0.717, 1.165) is 23.4 Å². The molecule has 3 N–H and O–H groups in total. The van der Waals surface area contributed by atoms with Crippen molar-refractivity contribution in [2.45, 2.75) is 114 Å². The number of carboxylic acids is 1. The van der Waals surface area contributed by atoms with Crippen LogP contribution in [0.2, 0.25) is 0 Å². The first-order valence-electron chi connectivity index (χ1n) is 13.4. The van der Waals surface area contributed by atoms with Crippen LogP contribution in [0.5, 0.6) is 5.75 Å². The molecule has 2 fully saturated rings. The van der Waals surface area contributed by atoms with Gasteiger partial charge in [0.1, 0.15) is 17.4 Å². The molecule has 36 heavy (non-hydrogen) atoms. The van der Waals surface area contributed by atoms with E-state index in [2.05, 4.69) is 10.6 Å². The molecule has 0 aromatic heterocycles. The minimum atomic E-state index is -1.09. The first-order valence-corrected chi connectivity index (χ1v) is 14.5. The van der Waals surface area contributed by atoms with Crippen molar-refractivity contribution in [2.24, 2.45) is 0 Å². The molecular formula is C28H46N2O5S. The fourth-order valence-electron chi connectivity index (χ4n) is 4.51. The molecule has 0 heterocycles. The predicted molar refractivity (Wildman–Crippen MR) is 147 cm³/mol. The summed E-state index contributed by atoms with van der Waals surface area (Å²) in [5, 5.41) is 15.4. The van der Waals surface area contributed by atoms with Gasteiger partial charge in [-0.1, -0.05) is 50.7 Å². The number of benzene rings is 1. The lowest BCUT2D eigenvalue weighted by Gasteiger charge is -2.30. The Morgan fingerprint density at radius 1 is 0.972 bits per heavy atom. The lowest BCUT2D eigenvalue weighted by Crippen LogP contribution is -2.44. The summed E-state index contributed by atoms with van der Waals surface area (Å²) in [6, 6.07) is 8.29. The highest BCUT2D eigenvalue weighted by Gasteiger charge is 2.24. The Bertz CT molecular complexity index is 753. The van der Waals surface area contributed by atoms with Gasteiger partial charge in [-0.2, -0.15) is 11.8 Å². The molecule has 1 amide bonds. The second-order valence-electron chi connectivity index (χ2n) is 10.7. The smallest absolute Gasteiger partial charge is 0.408 e. The highest BCUT2D eigenvalue weighted by Crippen LogP contribution is 2.22. The molecule has 7 nitrogen and oxygen atoms in total. The highest BCUT2D eigenvalue weighted by atomic mass is 32.2. The van der Waals surface area contributed by atoms with Crippen LogP contribution in [0.4, 0.5) is 4.79 Å². The SMILES string of the molecule is C1CCC(NC2CCCCC2)CC1.COc1ccc(CSC[C@H](NC(=O)OC(C)(C)C)C(=O)O)cc1. The van der Waals surface area contributed by atoms with Gasteiger partial charge >= 0.3 is 12.1 Å². The minimum Gasteiger partial charge on any atom is -0.497 e. The van der Waals surface area contributed by atoms with Gasteiger partial charge in [-0.05, 0) is 64.2 Å². The van der Waals surface area contributed by atoms with Crippen molar-refractivity contribution in [1.82, 2.24) is 10.6 Å². The highest BCUT2D eigenvalue weighted by molar-refractivity contribution is 7.98. The molecule has 8 heteroatoms. The fraction of sp³-hybridized carbons (Fsp3) is 0.714. The van der Waals surface area contributed by atoms with E-state index in [4.69, 9.17) is 9.47 Å². The molecule has 1 atom stereocenters. The number of carbonyl (C=O) groups is 2. The lowest BCUT2D eigenvalue weighted by atomic mass is 9.91. The molecule has 1 aromatic rings. The van der Waals surface area contributed by atoms with Gasteiger partial charge in [-0.25, -0.2) is 9.59 Å². The van der Waals surface area contributed by atoms with Crippen LogP contribution in [-0.2, 0) is 15.3 Å². The number of hydrogen-bond donors (Lipinski definition) is 3. The Kier molecular flexibility index (Phi) is 13.5. The second-order valence-corrected chi connectivity index (χ2v) is 11.8. The van der Waals surface area contributed by atoms with Crippen molar-refractivity contribution in [3.05, 3.63) is 29.8 Å². The number of carbonyl (C=O) groups excluding carboxylic acids is 1. The van der Waals surface area contributed by atoms with Crippen LogP contribution in [0.15, 0.2) is 24.3 Å². The molecule has 2 saturated carbocycles. The van der Waals surface area contributed by atoms with E-state index in [9.17, 15) is 14.7 Å². The predicted octanol–water partition coefficient (Wildman–Crippen LogP) is 6.15. The third-order valence-electron chi connectivity index (χ3n) is 6.38. The lowest BCUT2D eigenvalue weighted by molar-refractivity contribution is -0.138. The number of methoxy groups -OCH3 is 1. The van der Waals surface area contributed by atoms with Crippen LogP contribution in [-0.4, -0.2) is 53.8 Å². The number of carboxylic acid groups (broad SMARTS) is 1. The number of alkyl carbamates (subject to hydrolysis) is 1. The standard InChI is InChI=1S/C16H23NO5S.C12H23N/c1-16(2,3)22-15(20)17-13(14(18)19)10-23-9-11-5-7-12(21-4)8-6-11;1-3-7-11(8-4-1)13-12-9-5-2-6-10-12/h5-8,13H,9-10H2,1-4H3,(H,17,20)(H,18,19);11-13H,1-10H2/t13-;/m0./s1. The van der Waals surface area contributed by atoms with Crippen LogP contribution < -0.4 is 15.4 Å². The van der Waals surface area contributed by atoms with E-state index in [0.29, 0.717) is 5.75 Å². The van der Waals surface area contributed by atoms with Gasteiger partial charge in [0.15, 0.2) is 0 Å². The Balaban J connectivity index is 0.000000293. The van der Waals surface area contributed by atoms with Crippen molar-refractivity contribution < 1.29 is 24.2 Å². The Morgan fingerprint density at radius 2 is 1.50 bits per heavy atom. The molecule has 0 bridgehead atoms. The number of hydrogen-bond acceptors (Lipinski definition) is 6. The normalized spacial score (nSPS) is 17.9. The summed E-state index contributed by atoms with van der Waals surface area (Å²) in [7, 11) is 1.60. The van der Waals surface area contributed by atoms with Crippen LogP contribution in [0, 0.1) is 0 Å². The summed E-state index contributed by atoms with van der Waals surface area (Å²) in [5.41, 5.74) is 0.390. The maximum Gasteiger partial charge on any atom is 0.408 e. The van der Waals surface area contributed by atoms with Gasteiger partial charge in [0.2, 0.25) is 0 Å². The topological polar surface area (TPSA) is 96.9 Å². The summed E-state index contributed by atoms with van der Waals surface area (Å²) in [4.78, 5) is 22.9. The zero-order chi connectivity index (χ0) is 26.4. The second kappa shape index (κ2) is 16.0. The van der Waals surface area contributed by atoms with Gasteiger partial charge < -0.3 is 25.2 Å². The van der Waals surface area contributed by atoms with Crippen LogP contribution in [0.3, 0.4) is 0 Å². The van der Waals surface area contributed by atoms with Crippen LogP contribution in [0.25, 0.3) is 0 Å². The summed E-state index contributed by atoms with van der Waals surface area (Å²) < 4.78 is 10.2. The first-order chi connectivity index (χ1) is 17.2. The molecule has 2 aliphatic rings. The monoisotopic (exact) mass is 522 g/mol. The van der Waals surface area contributed by atoms with E-state index in [1.165, 1.54) is 76.0 Å². The van der Waals surface area contributed by atoms with Gasteiger partial charge in [0.05, 0.1) is 7.11 Å². The maximum atomic E-state index is 11.7. The molecule has 0 saturated heterocycles. The van der Waals surface area contributed by atoms with Crippen LogP contribution in [0.1, 0.15) is 90.5 Å². The fourth-order valence-corrected chi connectivity index (χ4v) is 5.52. The molecule has 0 unspecified atom stereocenters. The average Bonchev–Trinajstić information content (AvgIpc) is 2.84. The van der Waals surface area contributed by atoms with Crippen molar-refractivity contribution in [1.29, 1.82) is 0 Å². The number of rotatable bonds is 9. The van der Waals surface area contributed by atoms with Gasteiger partial charge in [0.25, 0.3) is 0 Å². The third kappa shape index (κ3) is 12.9. The largest absolute Gasteiger partial charge is 0.497 e. The zero-order valence-corrected chi connectivity index (χ0v) is 23.3. The van der Waals surface area contributed by atoms with E-state index in [1.54, 1.807) is 27.9 Å². The summed E-state index contributed by atoms with van der Waals surface area (Å²) in [6.07, 6.45) is 13.8. The zero-order valence-electron chi connectivity index (χ0n) is 22.5. The molecular weight excluding hydrogens is 476 g/mol. The number of nitrogens with one attached hydrogen (secondary N) is 2. The van der Waals surface area contributed by atoms with Crippen molar-refractivity contribution in [3.63, 3.8) is 0 Å². The van der Waals surface area contributed by atoms with E-state index < -0.39 is 23.7 Å². The number of amides is 1. The molecule has 0 aliphatic heterocycles. The Hall–Kier alpha value is -1.93. The molecule has 204 valence electrons. The average molecular weight is 523 g/mol. The van der Waals surface area contributed by atoms with Crippen LogP contribution >= 0.6 is 11.8 Å². The van der Waals surface area contributed by atoms with E-state index >= 15 is 0 Å². The summed E-state index contributed by atoms with van der Waals surface area (Å²) in [5.74, 6) is 0.580. The quantitative estimate of drug-likeness (QED) is 0.358. The van der Waals surface area contributed by atoms with Crippen molar-refractivity contribution >= 4 is 23.8 Å². The first kappa shape index (κ1) is 30.3. The minimum absolute atomic E-state index is 0.251. The molecule has 1 aromatic carbocycles. The van der Waals surface area contributed by atoms with Crippen molar-refractivity contribution in [2.75, 3.05) is 12.9 Å². The number of ether oxygens (including phenoxy) is 2. The molecule has 3 rings (SSSR count).